The van der Waals surface area contributed by atoms with Crippen LogP contribution in [0.15, 0.2) is 0 Å². The van der Waals surface area contributed by atoms with Crippen molar-refractivity contribution >= 4 is 11.8 Å². The average molecular weight is 236 g/mol. The number of hydrogen-bond acceptors (Lipinski definition) is 2. The van der Waals surface area contributed by atoms with Crippen LogP contribution in [0, 0.1) is 17.8 Å². The molecule has 0 aromatic heterocycles. The lowest BCUT2D eigenvalue weighted by Crippen LogP contribution is -2.39. The molecule has 0 atom stereocenters. The largest absolute Gasteiger partial charge is 0.347 e. The molecule has 2 aliphatic carbocycles. The molecule has 94 valence electrons. The van der Waals surface area contributed by atoms with E-state index in [0.717, 1.165) is 18.4 Å². The number of carbonyl (C=O) groups excluding carboxylic acids is 2. The Labute approximate surface area is 102 Å². The van der Waals surface area contributed by atoms with Crippen LogP contribution in [0.4, 0.5) is 0 Å². The van der Waals surface area contributed by atoms with Gasteiger partial charge in [0.05, 0.1) is 6.54 Å². The highest BCUT2D eigenvalue weighted by atomic mass is 16.2. The zero-order valence-electron chi connectivity index (χ0n) is 10.2. The second-order valence-corrected chi connectivity index (χ2v) is 5.71. The summed E-state index contributed by atoms with van der Waals surface area (Å²) >= 11 is 0. The Bertz CT molecular complexity index is 322. The fourth-order valence-corrected chi connectivity index (χ4v) is 2.91. The van der Waals surface area contributed by atoms with Gasteiger partial charge < -0.3 is 10.2 Å². The van der Waals surface area contributed by atoms with E-state index in [4.69, 9.17) is 0 Å². The summed E-state index contributed by atoms with van der Waals surface area (Å²) in [5.74, 6) is 2.55. The van der Waals surface area contributed by atoms with Crippen LogP contribution in [0.25, 0.3) is 0 Å². The van der Waals surface area contributed by atoms with Crippen LogP contribution < -0.4 is 5.32 Å². The summed E-state index contributed by atoms with van der Waals surface area (Å²) in [7, 11) is 0. The molecule has 2 saturated carbocycles. The van der Waals surface area contributed by atoms with E-state index >= 15 is 0 Å². The summed E-state index contributed by atoms with van der Waals surface area (Å²) < 4.78 is 0. The molecule has 4 nitrogen and oxygen atoms in total. The molecule has 3 aliphatic rings. The first-order valence-electron chi connectivity index (χ1n) is 6.78. The van der Waals surface area contributed by atoms with Crippen LogP contribution in [0.5, 0.6) is 0 Å². The lowest BCUT2D eigenvalue weighted by molar-refractivity contribution is -0.130. The van der Waals surface area contributed by atoms with Gasteiger partial charge in [0, 0.05) is 19.5 Å². The van der Waals surface area contributed by atoms with Crippen molar-refractivity contribution in [1.82, 2.24) is 10.2 Å². The second-order valence-electron chi connectivity index (χ2n) is 5.71. The Morgan fingerprint density at radius 1 is 1.18 bits per heavy atom. The number of nitrogens with one attached hydrogen (secondary N) is 1. The van der Waals surface area contributed by atoms with Crippen molar-refractivity contribution in [2.24, 2.45) is 17.8 Å². The van der Waals surface area contributed by atoms with Gasteiger partial charge in [0.1, 0.15) is 0 Å². The van der Waals surface area contributed by atoms with Gasteiger partial charge in [0.15, 0.2) is 0 Å². The summed E-state index contributed by atoms with van der Waals surface area (Å²) in [6.45, 7) is 1.70. The SMILES string of the molecule is O=C1CCN(CC(C2CC2)C2CC2)C(=O)CN1. The Morgan fingerprint density at radius 3 is 2.41 bits per heavy atom. The molecule has 1 aliphatic heterocycles. The van der Waals surface area contributed by atoms with Crippen LogP contribution in [0.2, 0.25) is 0 Å². The molecule has 4 heteroatoms. The van der Waals surface area contributed by atoms with Crippen molar-refractivity contribution in [3.8, 4) is 0 Å². The predicted molar refractivity (Wildman–Crippen MR) is 63.1 cm³/mol. The molecule has 0 spiro atoms. The quantitative estimate of drug-likeness (QED) is 0.784. The van der Waals surface area contributed by atoms with Gasteiger partial charge in [-0.2, -0.15) is 0 Å². The molecule has 2 amide bonds. The summed E-state index contributed by atoms with van der Waals surface area (Å²) in [5.41, 5.74) is 0. The van der Waals surface area contributed by atoms with E-state index in [1.165, 1.54) is 25.7 Å². The molecule has 0 aromatic carbocycles. The first kappa shape index (κ1) is 11.1. The molecule has 3 fully saturated rings. The zero-order chi connectivity index (χ0) is 11.8. The first-order chi connectivity index (χ1) is 8.24. The van der Waals surface area contributed by atoms with E-state index in [2.05, 4.69) is 5.32 Å². The average Bonchev–Trinajstić information content (AvgIpc) is 3.16. The van der Waals surface area contributed by atoms with E-state index in [1.807, 2.05) is 4.90 Å². The fraction of sp³-hybridized carbons (Fsp3) is 0.846. The van der Waals surface area contributed by atoms with Gasteiger partial charge in [0.25, 0.3) is 0 Å². The molecule has 0 aromatic rings. The number of hydrogen-bond donors (Lipinski definition) is 1. The fourth-order valence-electron chi connectivity index (χ4n) is 2.91. The summed E-state index contributed by atoms with van der Waals surface area (Å²) in [4.78, 5) is 25.1. The third-order valence-corrected chi connectivity index (χ3v) is 4.28. The summed E-state index contributed by atoms with van der Waals surface area (Å²) in [5, 5.41) is 2.66. The van der Waals surface area contributed by atoms with Crippen molar-refractivity contribution < 1.29 is 9.59 Å². The topological polar surface area (TPSA) is 49.4 Å². The molecule has 0 radical (unpaired) electrons. The smallest absolute Gasteiger partial charge is 0.241 e. The van der Waals surface area contributed by atoms with Crippen molar-refractivity contribution in [2.45, 2.75) is 32.1 Å². The van der Waals surface area contributed by atoms with Crippen molar-refractivity contribution in [1.29, 1.82) is 0 Å². The molecule has 1 heterocycles. The summed E-state index contributed by atoms with van der Waals surface area (Å²) in [6, 6.07) is 0. The van der Waals surface area contributed by atoms with Gasteiger partial charge in [-0.05, 0) is 43.4 Å². The maximum atomic E-state index is 11.9. The van der Waals surface area contributed by atoms with E-state index < -0.39 is 0 Å². The monoisotopic (exact) mass is 236 g/mol. The van der Waals surface area contributed by atoms with Gasteiger partial charge >= 0.3 is 0 Å². The molecule has 0 bridgehead atoms. The normalized spacial score (nSPS) is 26.1. The maximum absolute atomic E-state index is 11.9. The van der Waals surface area contributed by atoms with E-state index in [9.17, 15) is 9.59 Å². The van der Waals surface area contributed by atoms with Gasteiger partial charge in [-0.1, -0.05) is 0 Å². The molecular weight excluding hydrogens is 216 g/mol. The van der Waals surface area contributed by atoms with E-state index in [0.29, 0.717) is 18.9 Å². The molecule has 1 N–H and O–H groups in total. The number of nitrogens with zero attached hydrogens (tertiary/aromatic N) is 1. The van der Waals surface area contributed by atoms with Crippen LogP contribution in [0.1, 0.15) is 32.1 Å². The number of rotatable bonds is 4. The Morgan fingerprint density at radius 2 is 1.82 bits per heavy atom. The maximum Gasteiger partial charge on any atom is 0.241 e. The van der Waals surface area contributed by atoms with E-state index in [1.54, 1.807) is 0 Å². The van der Waals surface area contributed by atoms with Crippen molar-refractivity contribution in [2.75, 3.05) is 19.6 Å². The third kappa shape index (κ3) is 2.61. The first-order valence-corrected chi connectivity index (χ1v) is 6.78. The third-order valence-electron chi connectivity index (χ3n) is 4.28. The molecule has 0 unspecified atom stereocenters. The lowest BCUT2D eigenvalue weighted by Gasteiger charge is -2.26. The van der Waals surface area contributed by atoms with Crippen LogP contribution in [0.3, 0.4) is 0 Å². The summed E-state index contributed by atoms with van der Waals surface area (Å²) in [6.07, 6.45) is 5.86. The van der Waals surface area contributed by atoms with E-state index in [-0.39, 0.29) is 18.4 Å². The second kappa shape index (κ2) is 4.31. The van der Waals surface area contributed by atoms with Gasteiger partial charge in [-0.15, -0.1) is 0 Å². The standard InChI is InChI=1S/C13H20N2O2/c16-12-5-6-15(13(17)7-14-12)8-11(9-1-2-9)10-3-4-10/h9-11H,1-8H2,(H,14,16). The predicted octanol–water partition coefficient (Wildman–Crippen LogP) is 0.771. The highest BCUT2D eigenvalue weighted by molar-refractivity contribution is 5.87. The Kier molecular flexibility index (Phi) is 2.81. The zero-order valence-corrected chi connectivity index (χ0v) is 10.2. The minimum absolute atomic E-state index is 0.00949. The van der Waals surface area contributed by atoms with Crippen molar-refractivity contribution in [3.63, 3.8) is 0 Å². The van der Waals surface area contributed by atoms with Gasteiger partial charge in [-0.25, -0.2) is 0 Å². The molecule has 3 rings (SSSR count). The van der Waals surface area contributed by atoms with Crippen LogP contribution >= 0.6 is 0 Å². The van der Waals surface area contributed by atoms with Gasteiger partial charge in [0.2, 0.25) is 11.8 Å². The number of carbonyl (C=O) groups is 2. The minimum atomic E-state index is 0.00949. The van der Waals surface area contributed by atoms with Crippen LogP contribution in [-0.4, -0.2) is 36.3 Å². The Balaban J connectivity index is 1.61. The molecule has 17 heavy (non-hydrogen) atoms. The Hall–Kier alpha value is -1.06. The molecule has 1 saturated heterocycles. The highest BCUT2D eigenvalue weighted by Crippen LogP contribution is 2.49. The number of amides is 2. The van der Waals surface area contributed by atoms with Gasteiger partial charge in [-0.3, -0.25) is 9.59 Å². The van der Waals surface area contributed by atoms with Crippen LogP contribution in [-0.2, 0) is 9.59 Å². The molecular formula is C13H20N2O2. The van der Waals surface area contributed by atoms with Crippen molar-refractivity contribution in [3.05, 3.63) is 0 Å². The lowest BCUT2D eigenvalue weighted by atomic mass is 9.97. The minimum Gasteiger partial charge on any atom is -0.347 e. The highest BCUT2D eigenvalue weighted by Gasteiger charge is 2.42.